The van der Waals surface area contributed by atoms with Gasteiger partial charge in [0.15, 0.2) is 0 Å². The fourth-order valence-corrected chi connectivity index (χ4v) is 1.19. The van der Waals surface area contributed by atoms with E-state index < -0.39 is 0 Å². The molecule has 1 atom stereocenters. The van der Waals surface area contributed by atoms with Crippen LogP contribution in [0.3, 0.4) is 0 Å². The van der Waals surface area contributed by atoms with Gasteiger partial charge in [0, 0.05) is 11.6 Å². The topological polar surface area (TPSA) is 38.3 Å². The monoisotopic (exact) mass is 199 g/mol. The van der Waals surface area contributed by atoms with E-state index in [4.69, 9.17) is 4.74 Å². The number of likely N-dealkylation sites (N-methyl/N-ethyl adjacent to an activating group) is 1. The first kappa shape index (κ1) is 13.2. The van der Waals surface area contributed by atoms with Gasteiger partial charge in [0.2, 0.25) is 0 Å². The number of hydrogen-bond donors (Lipinski definition) is 1. The third-order valence-corrected chi connectivity index (χ3v) is 2.08. The molecule has 0 aliphatic carbocycles. The van der Waals surface area contributed by atoms with Crippen molar-refractivity contribution in [1.82, 2.24) is 5.32 Å². The molecule has 1 N–H and O–H groups in total. The van der Waals surface area contributed by atoms with E-state index in [2.05, 4.69) is 19.2 Å². The van der Waals surface area contributed by atoms with Gasteiger partial charge in [-0.1, -0.05) is 19.9 Å². The first-order chi connectivity index (χ1) is 6.52. The Balaban J connectivity index is 4.39. The van der Waals surface area contributed by atoms with Crippen LogP contribution < -0.4 is 5.32 Å². The summed E-state index contributed by atoms with van der Waals surface area (Å²) < 4.78 is 4.89. The van der Waals surface area contributed by atoms with E-state index in [0.29, 0.717) is 18.1 Å². The molecule has 0 rings (SSSR count). The van der Waals surface area contributed by atoms with E-state index in [-0.39, 0.29) is 12.0 Å². The van der Waals surface area contributed by atoms with E-state index in [0.717, 1.165) is 0 Å². The highest BCUT2D eigenvalue weighted by Crippen LogP contribution is 2.06. The summed E-state index contributed by atoms with van der Waals surface area (Å²) in [6.07, 6.45) is 1.92. The molecule has 0 aromatic carbocycles. The zero-order valence-corrected chi connectivity index (χ0v) is 9.76. The minimum Gasteiger partial charge on any atom is -0.463 e. The number of rotatable bonds is 5. The minimum absolute atomic E-state index is 0.222. The molecule has 14 heavy (non-hydrogen) atoms. The average Bonchev–Trinajstić information content (AvgIpc) is 2.13. The summed E-state index contributed by atoms with van der Waals surface area (Å²) in [6.45, 7) is 8.23. The van der Waals surface area contributed by atoms with Crippen LogP contribution >= 0.6 is 0 Å². The summed E-state index contributed by atoms with van der Waals surface area (Å²) in [7, 11) is 1.89. The lowest BCUT2D eigenvalue weighted by Crippen LogP contribution is -2.29. The van der Waals surface area contributed by atoms with Crippen LogP contribution in [-0.4, -0.2) is 25.7 Å². The normalized spacial score (nSPS) is 14.3. The van der Waals surface area contributed by atoms with Crippen LogP contribution in [0.5, 0.6) is 0 Å². The van der Waals surface area contributed by atoms with Crippen molar-refractivity contribution in [2.24, 2.45) is 5.92 Å². The number of carbonyl (C=O) groups is 1. The van der Waals surface area contributed by atoms with Gasteiger partial charge < -0.3 is 10.1 Å². The fourth-order valence-electron chi connectivity index (χ4n) is 1.19. The van der Waals surface area contributed by atoms with Crippen LogP contribution in [0, 0.1) is 5.92 Å². The van der Waals surface area contributed by atoms with Crippen molar-refractivity contribution < 1.29 is 9.53 Å². The molecule has 0 saturated carbocycles. The van der Waals surface area contributed by atoms with Gasteiger partial charge in [-0.3, -0.25) is 0 Å². The summed E-state index contributed by atoms with van der Waals surface area (Å²) in [5.41, 5.74) is 0.667. The van der Waals surface area contributed by atoms with Gasteiger partial charge in [0.1, 0.15) is 0 Å². The molecule has 3 nitrogen and oxygen atoms in total. The summed E-state index contributed by atoms with van der Waals surface area (Å²) in [5, 5.41) is 3.15. The lowest BCUT2D eigenvalue weighted by Gasteiger charge is -2.16. The quantitative estimate of drug-likeness (QED) is 0.541. The summed E-state index contributed by atoms with van der Waals surface area (Å²) in [4.78, 5) is 11.3. The lowest BCUT2D eigenvalue weighted by molar-refractivity contribution is -0.138. The first-order valence-electron chi connectivity index (χ1n) is 5.05. The third kappa shape index (κ3) is 4.42. The summed E-state index contributed by atoms with van der Waals surface area (Å²) >= 11 is 0. The molecule has 0 heterocycles. The zero-order chi connectivity index (χ0) is 11.1. The molecule has 0 aliphatic heterocycles. The van der Waals surface area contributed by atoms with Gasteiger partial charge in [0.25, 0.3) is 0 Å². The van der Waals surface area contributed by atoms with Crippen molar-refractivity contribution in [2.75, 3.05) is 13.7 Å². The molecule has 0 fully saturated rings. The smallest absolute Gasteiger partial charge is 0.333 e. The first-order valence-corrected chi connectivity index (χ1v) is 5.05. The van der Waals surface area contributed by atoms with Crippen LogP contribution in [0.15, 0.2) is 11.6 Å². The van der Waals surface area contributed by atoms with Gasteiger partial charge in [0.05, 0.1) is 6.61 Å². The highest BCUT2D eigenvalue weighted by Gasteiger charge is 2.11. The second-order valence-electron chi connectivity index (χ2n) is 3.63. The van der Waals surface area contributed by atoms with E-state index in [9.17, 15) is 4.79 Å². The number of hydrogen-bond acceptors (Lipinski definition) is 3. The van der Waals surface area contributed by atoms with Crippen molar-refractivity contribution in [2.45, 2.75) is 33.7 Å². The molecule has 0 amide bonds. The van der Waals surface area contributed by atoms with E-state index in [1.807, 2.05) is 20.0 Å². The molecule has 0 spiro atoms. The third-order valence-electron chi connectivity index (χ3n) is 2.08. The van der Waals surface area contributed by atoms with E-state index >= 15 is 0 Å². The van der Waals surface area contributed by atoms with Crippen molar-refractivity contribution >= 4 is 5.97 Å². The maximum Gasteiger partial charge on any atom is 0.333 e. The largest absolute Gasteiger partial charge is 0.463 e. The van der Waals surface area contributed by atoms with E-state index in [1.165, 1.54) is 0 Å². The molecule has 0 aromatic heterocycles. The Hall–Kier alpha value is -0.830. The molecular formula is C11H21NO2. The maximum absolute atomic E-state index is 11.3. The van der Waals surface area contributed by atoms with Crippen LogP contribution in [0.25, 0.3) is 0 Å². The van der Waals surface area contributed by atoms with Gasteiger partial charge in [-0.05, 0) is 26.8 Å². The Morgan fingerprint density at radius 1 is 1.50 bits per heavy atom. The predicted molar refractivity (Wildman–Crippen MR) is 58.1 cm³/mol. The molecule has 0 bridgehead atoms. The van der Waals surface area contributed by atoms with Crippen molar-refractivity contribution in [3.8, 4) is 0 Å². The van der Waals surface area contributed by atoms with Gasteiger partial charge in [-0.15, -0.1) is 0 Å². The molecule has 82 valence electrons. The molecular weight excluding hydrogens is 178 g/mol. The Morgan fingerprint density at radius 3 is 2.43 bits per heavy atom. The standard InChI is InChI=1S/C11H21NO2/c1-6-14-11(13)9(4)7-10(12-5)8(2)3/h7-8,10,12H,6H2,1-5H3/b9-7-. The lowest BCUT2D eigenvalue weighted by atomic mass is 10.0. The number of carbonyl (C=O) groups excluding carboxylic acids is 1. The fraction of sp³-hybridized carbons (Fsp3) is 0.727. The Bertz CT molecular complexity index is 209. The van der Waals surface area contributed by atoms with Gasteiger partial charge in [-0.2, -0.15) is 0 Å². The van der Waals surface area contributed by atoms with Crippen molar-refractivity contribution in [3.05, 3.63) is 11.6 Å². The molecule has 0 aromatic rings. The van der Waals surface area contributed by atoms with Crippen LogP contribution in [0.4, 0.5) is 0 Å². The molecule has 0 aliphatic rings. The highest BCUT2D eigenvalue weighted by atomic mass is 16.5. The van der Waals surface area contributed by atoms with Crippen molar-refractivity contribution in [1.29, 1.82) is 0 Å². The molecule has 1 unspecified atom stereocenters. The highest BCUT2D eigenvalue weighted by molar-refractivity contribution is 5.87. The number of nitrogens with one attached hydrogen (secondary N) is 1. The van der Waals surface area contributed by atoms with Gasteiger partial charge >= 0.3 is 5.97 Å². The second-order valence-corrected chi connectivity index (χ2v) is 3.63. The predicted octanol–water partition coefficient (Wildman–Crippen LogP) is 1.74. The van der Waals surface area contributed by atoms with Crippen LogP contribution in [0.1, 0.15) is 27.7 Å². The SMILES string of the molecule is CCOC(=O)/C(C)=C\C(NC)C(C)C. The molecule has 3 heteroatoms. The Morgan fingerprint density at radius 2 is 2.07 bits per heavy atom. The molecule has 0 saturated heterocycles. The molecule has 0 radical (unpaired) electrons. The maximum atomic E-state index is 11.3. The van der Waals surface area contributed by atoms with Crippen LogP contribution in [-0.2, 0) is 9.53 Å². The summed E-state index contributed by atoms with van der Waals surface area (Å²) in [5.74, 6) is 0.234. The average molecular weight is 199 g/mol. The van der Waals surface area contributed by atoms with Gasteiger partial charge in [-0.25, -0.2) is 4.79 Å². The van der Waals surface area contributed by atoms with Crippen LogP contribution in [0.2, 0.25) is 0 Å². The Kier molecular flexibility index (Phi) is 6.21. The Labute approximate surface area is 86.5 Å². The number of esters is 1. The summed E-state index contributed by atoms with van der Waals surface area (Å²) in [6, 6.07) is 0.222. The van der Waals surface area contributed by atoms with Crippen molar-refractivity contribution in [3.63, 3.8) is 0 Å². The minimum atomic E-state index is -0.228. The second kappa shape index (κ2) is 6.60. The number of ether oxygens (including phenoxy) is 1. The van der Waals surface area contributed by atoms with E-state index in [1.54, 1.807) is 6.92 Å². The zero-order valence-electron chi connectivity index (χ0n) is 9.76.